The van der Waals surface area contributed by atoms with Crippen molar-refractivity contribution in [1.82, 2.24) is 4.90 Å². The van der Waals surface area contributed by atoms with Crippen molar-refractivity contribution in [2.45, 2.75) is 45.4 Å². The highest BCUT2D eigenvalue weighted by Crippen LogP contribution is 2.60. The summed E-state index contributed by atoms with van der Waals surface area (Å²) in [5, 5.41) is 9.57. The molecule has 114 valence electrons. The minimum Gasteiger partial charge on any atom is -0.396 e. The fraction of sp³-hybridized carbons (Fsp3) is 0.938. The number of carbonyl (C=O) groups is 1. The first kappa shape index (κ1) is 14.3. The summed E-state index contributed by atoms with van der Waals surface area (Å²) in [6, 6.07) is 0. The molecule has 1 aliphatic carbocycles. The Hall–Kier alpha value is -0.610. The lowest BCUT2D eigenvalue weighted by Gasteiger charge is -2.40. The maximum absolute atomic E-state index is 12.6. The van der Waals surface area contributed by atoms with E-state index in [4.69, 9.17) is 4.74 Å². The third-order valence-corrected chi connectivity index (χ3v) is 6.20. The first-order valence-electron chi connectivity index (χ1n) is 8.12. The maximum Gasteiger partial charge on any atom is 0.226 e. The normalized spacial score (nSPS) is 31.3. The van der Waals surface area contributed by atoms with Gasteiger partial charge in [-0.15, -0.1) is 0 Å². The molecule has 1 atom stereocenters. The Morgan fingerprint density at radius 3 is 2.45 bits per heavy atom. The summed E-state index contributed by atoms with van der Waals surface area (Å²) in [5.41, 5.74) is 0.350. The van der Waals surface area contributed by atoms with Crippen molar-refractivity contribution >= 4 is 5.91 Å². The van der Waals surface area contributed by atoms with Gasteiger partial charge < -0.3 is 14.7 Å². The van der Waals surface area contributed by atoms with Crippen LogP contribution in [0, 0.1) is 16.7 Å². The van der Waals surface area contributed by atoms with E-state index < -0.39 is 0 Å². The molecule has 3 fully saturated rings. The molecule has 1 unspecified atom stereocenters. The highest BCUT2D eigenvalue weighted by Gasteiger charge is 2.59. The molecular formula is C16H27NO3. The third-order valence-electron chi connectivity index (χ3n) is 6.20. The van der Waals surface area contributed by atoms with E-state index >= 15 is 0 Å². The molecule has 1 amide bonds. The van der Waals surface area contributed by atoms with Crippen LogP contribution in [-0.2, 0) is 9.53 Å². The lowest BCUT2D eigenvalue weighted by molar-refractivity contribution is -0.137. The van der Waals surface area contributed by atoms with Gasteiger partial charge in [0.05, 0.1) is 0 Å². The molecule has 0 bridgehead atoms. The summed E-state index contributed by atoms with van der Waals surface area (Å²) in [5.74, 6) is 0.629. The summed E-state index contributed by atoms with van der Waals surface area (Å²) in [7, 11) is 0. The van der Waals surface area contributed by atoms with Gasteiger partial charge in [0, 0.05) is 38.8 Å². The number of nitrogens with zero attached hydrogens (tertiary/aromatic N) is 1. The van der Waals surface area contributed by atoms with Gasteiger partial charge in [-0.3, -0.25) is 4.79 Å². The maximum atomic E-state index is 12.6. The summed E-state index contributed by atoms with van der Waals surface area (Å²) in [6.45, 7) is 5.72. The van der Waals surface area contributed by atoms with Crippen LogP contribution in [0.5, 0.6) is 0 Å². The number of likely N-dealkylation sites (tertiary alicyclic amines) is 1. The Labute approximate surface area is 121 Å². The van der Waals surface area contributed by atoms with Crippen LogP contribution in [0.4, 0.5) is 0 Å². The second-order valence-electron chi connectivity index (χ2n) is 7.07. The van der Waals surface area contributed by atoms with Crippen molar-refractivity contribution < 1.29 is 14.6 Å². The molecule has 0 aromatic rings. The molecule has 1 N–H and O–H groups in total. The van der Waals surface area contributed by atoms with Crippen LogP contribution in [0.25, 0.3) is 0 Å². The predicted molar refractivity (Wildman–Crippen MR) is 76.2 cm³/mol. The minimum absolute atomic E-state index is 0.0662. The first-order chi connectivity index (χ1) is 9.65. The van der Waals surface area contributed by atoms with Gasteiger partial charge in [-0.2, -0.15) is 0 Å². The number of ether oxygens (including phenoxy) is 1. The van der Waals surface area contributed by atoms with Crippen molar-refractivity contribution in [2.24, 2.45) is 16.7 Å². The van der Waals surface area contributed by atoms with E-state index in [1.54, 1.807) is 0 Å². The molecule has 0 aromatic carbocycles. The van der Waals surface area contributed by atoms with Crippen molar-refractivity contribution in [2.75, 3.05) is 32.9 Å². The van der Waals surface area contributed by atoms with E-state index in [0.717, 1.165) is 64.8 Å². The fourth-order valence-electron chi connectivity index (χ4n) is 4.07. The Morgan fingerprint density at radius 1 is 1.25 bits per heavy atom. The molecule has 4 heteroatoms. The van der Waals surface area contributed by atoms with Crippen LogP contribution in [0.1, 0.15) is 45.4 Å². The number of hydrogen-bond donors (Lipinski definition) is 1. The zero-order valence-electron chi connectivity index (χ0n) is 12.6. The first-order valence-corrected chi connectivity index (χ1v) is 8.12. The number of aliphatic hydroxyl groups is 1. The Bertz CT molecular complexity index is 362. The molecule has 1 saturated carbocycles. The Kier molecular flexibility index (Phi) is 3.80. The molecular weight excluding hydrogens is 254 g/mol. The SMILES string of the molecule is CCC1(CO)CCN(C(=O)C2CC23CCOCC3)CC1. The number of amides is 1. The summed E-state index contributed by atoms with van der Waals surface area (Å²) < 4.78 is 5.42. The lowest BCUT2D eigenvalue weighted by Crippen LogP contribution is -2.45. The highest BCUT2D eigenvalue weighted by molar-refractivity contribution is 5.82. The summed E-state index contributed by atoms with van der Waals surface area (Å²) in [6.07, 6.45) is 6.11. The minimum atomic E-state index is 0.0662. The van der Waals surface area contributed by atoms with Crippen LogP contribution < -0.4 is 0 Å². The van der Waals surface area contributed by atoms with Gasteiger partial charge in [0.2, 0.25) is 5.91 Å². The quantitative estimate of drug-likeness (QED) is 0.858. The topological polar surface area (TPSA) is 49.8 Å². The van der Waals surface area contributed by atoms with Crippen LogP contribution >= 0.6 is 0 Å². The molecule has 1 spiro atoms. The Morgan fingerprint density at radius 2 is 1.90 bits per heavy atom. The average Bonchev–Trinajstić information content (AvgIpc) is 3.20. The molecule has 3 rings (SSSR count). The summed E-state index contributed by atoms with van der Waals surface area (Å²) >= 11 is 0. The molecule has 2 saturated heterocycles. The summed E-state index contributed by atoms with van der Waals surface area (Å²) in [4.78, 5) is 14.7. The largest absolute Gasteiger partial charge is 0.396 e. The van der Waals surface area contributed by atoms with E-state index in [1.165, 1.54) is 0 Å². The second kappa shape index (κ2) is 5.30. The standard InChI is InChI=1S/C16H27NO3/c1-2-15(12-18)3-7-17(8-4-15)14(19)13-11-16(13)5-9-20-10-6-16/h13,18H,2-12H2,1H3. The van der Waals surface area contributed by atoms with E-state index in [-0.39, 0.29) is 23.4 Å². The van der Waals surface area contributed by atoms with Crippen LogP contribution in [0.3, 0.4) is 0 Å². The van der Waals surface area contributed by atoms with Gasteiger partial charge in [-0.25, -0.2) is 0 Å². The van der Waals surface area contributed by atoms with Crippen LogP contribution in [0.2, 0.25) is 0 Å². The molecule has 20 heavy (non-hydrogen) atoms. The molecule has 2 heterocycles. The van der Waals surface area contributed by atoms with E-state index in [1.807, 2.05) is 0 Å². The van der Waals surface area contributed by atoms with E-state index in [9.17, 15) is 9.90 Å². The van der Waals surface area contributed by atoms with Gasteiger partial charge in [-0.1, -0.05) is 6.92 Å². The van der Waals surface area contributed by atoms with Crippen LogP contribution in [-0.4, -0.2) is 48.8 Å². The number of hydrogen-bond acceptors (Lipinski definition) is 3. The Balaban J connectivity index is 1.55. The zero-order valence-corrected chi connectivity index (χ0v) is 12.6. The second-order valence-corrected chi connectivity index (χ2v) is 7.07. The molecule has 4 nitrogen and oxygen atoms in total. The van der Waals surface area contributed by atoms with Crippen molar-refractivity contribution in [1.29, 1.82) is 0 Å². The van der Waals surface area contributed by atoms with E-state index in [0.29, 0.717) is 5.91 Å². The van der Waals surface area contributed by atoms with Gasteiger partial charge >= 0.3 is 0 Å². The van der Waals surface area contributed by atoms with Crippen molar-refractivity contribution in [3.8, 4) is 0 Å². The lowest BCUT2D eigenvalue weighted by atomic mass is 9.77. The monoisotopic (exact) mass is 281 g/mol. The fourth-order valence-corrected chi connectivity index (χ4v) is 4.07. The smallest absolute Gasteiger partial charge is 0.226 e. The average molecular weight is 281 g/mol. The van der Waals surface area contributed by atoms with E-state index in [2.05, 4.69) is 11.8 Å². The number of carbonyl (C=O) groups excluding carboxylic acids is 1. The van der Waals surface area contributed by atoms with Gasteiger partial charge in [0.1, 0.15) is 0 Å². The van der Waals surface area contributed by atoms with Crippen molar-refractivity contribution in [3.63, 3.8) is 0 Å². The molecule has 0 aromatic heterocycles. The zero-order chi connectivity index (χ0) is 14.2. The number of aliphatic hydroxyl groups excluding tert-OH is 1. The predicted octanol–water partition coefficient (Wildman–Crippen LogP) is 1.81. The highest BCUT2D eigenvalue weighted by atomic mass is 16.5. The number of piperidine rings is 1. The van der Waals surface area contributed by atoms with Gasteiger partial charge in [-0.05, 0) is 49.4 Å². The van der Waals surface area contributed by atoms with Gasteiger partial charge in [0.15, 0.2) is 0 Å². The molecule has 0 radical (unpaired) electrons. The number of rotatable bonds is 3. The van der Waals surface area contributed by atoms with Crippen molar-refractivity contribution in [3.05, 3.63) is 0 Å². The molecule has 3 aliphatic rings. The molecule has 2 aliphatic heterocycles. The third kappa shape index (κ3) is 2.37. The van der Waals surface area contributed by atoms with Gasteiger partial charge in [0.25, 0.3) is 0 Å². The van der Waals surface area contributed by atoms with Crippen LogP contribution in [0.15, 0.2) is 0 Å².